The number of hydrogen-bond donors (Lipinski definition) is 1. The molecule has 172 valence electrons. The maximum Gasteiger partial charge on any atom is 0.281 e. The normalized spacial score (nSPS) is 27.1. The van der Waals surface area contributed by atoms with Gasteiger partial charge in [-0.2, -0.15) is 17.0 Å². The Morgan fingerprint density at radius 1 is 0.933 bits per heavy atom. The lowest BCUT2D eigenvalue weighted by Crippen LogP contribution is -2.53. The Labute approximate surface area is 180 Å². The molecule has 1 N–H and O–H groups in total. The molecule has 0 saturated carbocycles. The first kappa shape index (κ1) is 22.4. The van der Waals surface area contributed by atoms with E-state index >= 15 is 0 Å². The van der Waals surface area contributed by atoms with Crippen LogP contribution in [0, 0.1) is 5.92 Å². The average molecular weight is 445 g/mol. The molecule has 4 heterocycles. The zero-order valence-corrected chi connectivity index (χ0v) is 18.7. The van der Waals surface area contributed by atoms with Crippen LogP contribution in [0.5, 0.6) is 0 Å². The Bertz CT molecular complexity index is 673. The van der Waals surface area contributed by atoms with Crippen LogP contribution in [0.15, 0.2) is 0 Å². The SMILES string of the molecule is O=C(NCCCN1CCCC1)C1CCN(S(=O)(=O)N2CCC3(CC2)OCCO3)CC1. The van der Waals surface area contributed by atoms with Gasteiger partial charge in [-0.25, -0.2) is 0 Å². The number of carbonyl (C=O) groups is 1. The van der Waals surface area contributed by atoms with Crippen molar-refractivity contribution in [3.8, 4) is 0 Å². The molecule has 0 atom stereocenters. The van der Waals surface area contributed by atoms with Crippen LogP contribution in [0.1, 0.15) is 44.9 Å². The van der Waals surface area contributed by atoms with Crippen molar-refractivity contribution in [1.29, 1.82) is 0 Å². The van der Waals surface area contributed by atoms with E-state index in [1.807, 2.05) is 0 Å². The van der Waals surface area contributed by atoms with Gasteiger partial charge >= 0.3 is 0 Å². The summed E-state index contributed by atoms with van der Waals surface area (Å²) >= 11 is 0. The van der Waals surface area contributed by atoms with Crippen LogP contribution in [-0.2, 0) is 24.5 Å². The Morgan fingerprint density at radius 3 is 2.17 bits per heavy atom. The minimum atomic E-state index is -3.49. The first-order valence-corrected chi connectivity index (χ1v) is 12.9. The van der Waals surface area contributed by atoms with Crippen molar-refractivity contribution in [2.75, 3.05) is 65.6 Å². The van der Waals surface area contributed by atoms with Gasteiger partial charge in [-0.15, -0.1) is 0 Å². The molecule has 4 fully saturated rings. The number of nitrogens with one attached hydrogen (secondary N) is 1. The van der Waals surface area contributed by atoms with E-state index in [1.54, 1.807) is 8.61 Å². The molecule has 10 heteroatoms. The topological polar surface area (TPSA) is 91.4 Å². The van der Waals surface area contributed by atoms with Crippen LogP contribution in [-0.4, -0.2) is 99.2 Å². The molecule has 0 aromatic rings. The molecule has 0 unspecified atom stereocenters. The lowest BCUT2D eigenvalue weighted by Gasteiger charge is -2.40. The van der Waals surface area contributed by atoms with E-state index in [0.29, 0.717) is 71.6 Å². The molecule has 4 aliphatic heterocycles. The van der Waals surface area contributed by atoms with E-state index in [9.17, 15) is 13.2 Å². The Hall–Kier alpha value is -0.780. The molecule has 0 aromatic heterocycles. The van der Waals surface area contributed by atoms with Gasteiger partial charge in [0, 0.05) is 51.5 Å². The molecule has 0 radical (unpaired) electrons. The van der Waals surface area contributed by atoms with Gasteiger partial charge in [-0.1, -0.05) is 0 Å². The summed E-state index contributed by atoms with van der Waals surface area (Å²) in [6, 6.07) is 0. The smallest absolute Gasteiger partial charge is 0.281 e. The van der Waals surface area contributed by atoms with Crippen LogP contribution in [0.3, 0.4) is 0 Å². The van der Waals surface area contributed by atoms with Crippen molar-refractivity contribution in [3.05, 3.63) is 0 Å². The van der Waals surface area contributed by atoms with Crippen LogP contribution >= 0.6 is 0 Å². The highest BCUT2D eigenvalue weighted by molar-refractivity contribution is 7.86. The molecule has 0 bridgehead atoms. The number of hydrogen-bond acceptors (Lipinski definition) is 6. The molecular formula is C20H36N4O5S. The number of ether oxygens (including phenoxy) is 2. The summed E-state index contributed by atoms with van der Waals surface area (Å²) in [5, 5.41) is 3.05. The molecule has 30 heavy (non-hydrogen) atoms. The standard InChI is InChI=1S/C20H36N4O5S/c25-19(21-8-3-11-22-9-1-2-10-22)18-4-12-23(13-5-18)30(26,27)24-14-6-20(7-15-24)28-16-17-29-20/h18H,1-17H2,(H,21,25). The van der Waals surface area contributed by atoms with Crippen molar-refractivity contribution in [2.45, 2.75) is 50.7 Å². The summed E-state index contributed by atoms with van der Waals surface area (Å²) in [5.74, 6) is -0.594. The fraction of sp³-hybridized carbons (Fsp3) is 0.950. The highest BCUT2D eigenvalue weighted by atomic mass is 32.2. The third-order valence-electron chi connectivity index (χ3n) is 6.92. The second-order valence-electron chi connectivity index (χ2n) is 8.88. The highest BCUT2D eigenvalue weighted by Gasteiger charge is 2.44. The van der Waals surface area contributed by atoms with Crippen LogP contribution < -0.4 is 5.32 Å². The molecule has 4 rings (SSSR count). The van der Waals surface area contributed by atoms with Crippen molar-refractivity contribution in [2.24, 2.45) is 5.92 Å². The number of piperidine rings is 2. The second kappa shape index (κ2) is 9.79. The number of amides is 1. The summed E-state index contributed by atoms with van der Waals surface area (Å²) in [6.07, 6.45) is 5.86. The Morgan fingerprint density at radius 2 is 1.53 bits per heavy atom. The third kappa shape index (κ3) is 5.16. The number of carbonyl (C=O) groups excluding carboxylic acids is 1. The van der Waals surface area contributed by atoms with E-state index in [-0.39, 0.29) is 11.8 Å². The quantitative estimate of drug-likeness (QED) is 0.571. The van der Waals surface area contributed by atoms with E-state index in [2.05, 4.69) is 10.2 Å². The predicted molar refractivity (Wildman–Crippen MR) is 112 cm³/mol. The third-order valence-corrected chi connectivity index (χ3v) is 8.96. The number of likely N-dealkylation sites (tertiary alicyclic amines) is 1. The molecule has 1 amide bonds. The highest BCUT2D eigenvalue weighted by Crippen LogP contribution is 2.33. The van der Waals surface area contributed by atoms with Gasteiger partial charge in [0.1, 0.15) is 0 Å². The van der Waals surface area contributed by atoms with Gasteiger partial charge in [0.25, 0.3) is 10.2 Å². The molecular weight excluding hydrogens is 408 g/mol. The summed E-state index contributed by atoms with van der Waals surface area (Å²) in [6.45, 7) is 6.92. The fourth-order valence-electron chi connectivity index (χ4n) is 5.02. The average Bonchev–Trinajstić information content (AvgIpc) is 3.44. The first-order valence-electron chi connectivity index (χ1n) is 11.5. The predicted octanol–water partition coefficient (Wildman–Crippen LogP) is 0.384. The molecule has 0 aliphatic carbocycles. The van der Waals surface area contributed by atoms with Crippen LogP contribution in [0.2, 0.25) is 0 Å². The Kier molecular flexibility index (Phi) is 7.31. The maximum atomic E-state index is 13.0. The number of nitrogens with zero attached hydrogens (tertiary/aromatic N) is 3. The van der Waals surface area contributed by atoms with Gasteiger partial charge < -0.3 is 19.7 Å². The van der Waals surface area contributed by atoms with Gasteiger partial charge in [-0.3, -0.25) is 4.79 Å². The zero-order valence-electron chi connectivity index (χ0n) is 17.9. The molecule has 9 nitrogen and oxygen atoms in total. The lowest BCUT2D eigenvalue weighted by atomic mass is 9.97. The van der Waals surface area contributed by atoms with E-state index in [1.165, 1.54) is 25.9 Å². The van der Waals surface area contributed by atoms with Crippen molar-refractivity contribution in [1.82, 2.24) is 18.8 Å². The molecule has 0 aromatic carbocycles. The largest absolute Gasteiger partial charge is 0.356 e. The molecule has 1 spiro atoms. The van der Waals surface area contributed by atoms with Crippen molar-refractivity contribution >= 4 is 16.1 Å². The fourth-order valence-corrected chi connectivity index (χ4v) is 6.66. The molecule has 4 saturated heterocycles. The van der Waals surface area contributed by atoms with Crippen molar-refractivity contribution < 1.29 is 22.7 Å². The monoisotopic (exact) mass is 444 g/mol. The van der Waals surface area contributed by atoms with E-state index in [0.717, 1.165) is 13.0 Å². The zero-order chi connectivity index (χ0) is 21.0. The van der Waals surface area contributed by atoms with Gasteiger partial charge in [0.05, 0.1) is 13.2 Å². The lowest BCUT2D eigenvalue weighted by molar-refractivity contribution is -0.179. The number of rotatable bonds is 7. The minimum Gasteiger partial charge on any atom is -0.356 e. The van der Waals surface area contributed by atoms with Gasteiger partial charge in [-0.05, 0) is 51.7 Å². The summed E-state index contributed by atoms with van der Waals surface area (Å²) in [5.41, 5.74) is 0. The maximum absolute atomic E-state index is 13.0. The first-order chi connectivity index (χ1) is 14.5. The second-order valence-corrected chi connectivity index (χ2v) is 10.8. The van der Waals surface area contributed by atoms with E-state index in [4.69, 9.17) is 9.47 Å². The summed E-state index contributed by atoms with van der Waals surface area (Å²) in [4.78, 5) is 14.9. The summed E-state index contributed by atoms with van der Waals surface area (Å²) in [7, 11) is -3.49. The van der Waals surface area contributed by atoms with Gasteiger partial charge in [0.15, 0.2) is 5.79 Å². The molecule has 4 aliphatic rings. The Balaban J connectivity index is 1.17. The minimum absolute atomic E-state index is 0.0731. The van der Waals surface area contributed by atoms with Crippen LogP contribution in [0.4, 0.5) is 0 Å². The van der Waals surface area contributed by atoms with E-state index < -0.39 is 16.0 Å². The van der Waals surface area contributed by atoms with Crippen LogP contribution in [0.25, 0.3) is 0 Å². The van der Waals surface area contributed by atoms with Gasteiger partial charge in [0.2, 0.25) is 5.91 Å². The van der Waals surface area contributed by atoms with Crippen molar-refractivity contribution in [3.63, 3.8) is 0 Å². The summed E-state index contributed by atoms with van der Waals surface area (Å²) < 4.78 is 40.5.